The van der Waals surface area contributed by atoms with Gasteiger partial charge in [-0.25, -0.2) is 9.97 Å². The van der Waals surface area contributed by atoms with Crippen LogP contribution in [0.2, 0.25) is 0 Å². The van der Waals surface area contributed by atoms with Gasteiger partial charge in [0.15, 0.2) is 0 Å². The van der Waals surface area contributed by atoms with E-state index in [2.05, 4.69) is 63.6 Å². The molecule has 0 bridgehead atoms. The minimum absolute atomic E-state index is 0.0681. The monoisotopic (exact) mass is 542 g/mol. The van der Waals surface area contributed by atoms with Gasteiger partial charge in [0.25, 0.3) is 0 Å². The number of rotatable bonds is 5. The maximum atomic E-state index is 9.92. The fourth-order valence-electron chi connectivity index (χ4n) is 6.40. The van der Waals surface area contributed by atoms with Gasteiger partial charge in [0.2, 0.25) is 5.88 Å². The fraction of sp³-hybridized carbons (Fsp3) is 0.500. The number of ether oxygens (including phenoxy) is 1. The molecule has 2 aromatic heterocycles. The van der Waals surface area contributed by atoms with Crippen LogP contribution in [0.4, 0.5) is 17.2 Å². The Morgan fingerprint density at radius 2 is 1.75 bits per heavy atom. The Bertz CT molecular complexity index is 1440. The molecule has 6 rings (SSSR count). The Morgan fingerprint density at radius 1 is 1.00 bits per heavy atom. The highest BCUT2D eigenvalue weighted by Gasteiger charge is 2.36. The SMILES string of the molecule is Cc1nc(N2CC(C)(N)C2)ccc1N1CCN(CC2CN(c3ccc(C#N)c4nc(O)ccc34)CC(C)O2)CC1. The van der Waals surface area contributed by atoms with Gasteiger partial charge in [-0.1, -0.05) is 0 Å². The number of nitrogens with two attached hydrogens (primary N) is 1. The first kappa shape index (κ1) is 26.6. The van der Waals surface area contributed by atoms with Crippen LogP contribution in [0, 0.1) is 18.3 Å². The van der Waals surface area contributed by atoms with Crippen molar-refractivity contribution in [2.24, 2.45) is 5.73 Å². The van der Waals surface area contributed by atoms with E-state index in [1.807, 2.05) is 12.1 Å². The predicted octanol–water partition coefficient (Wildman–Crippen LogP) is 2.47. The normalized spacial score (nSPS) is 23.2. The van der Waals surface area contributed by atoms with Crippen molar-refractivity contribution >= 4 is 28.1 Å². The number of hydrogen-bond acceptors (Lipinski definition) is 10. The Kier molecular flexibility index (Phi) is 6.90. The van der Waals surface area contributed by atoms with Gasteiger partial charge < -0.3 is 30.3 Å². The van der Waals surface area contributed by atoms with E-state index in [0.717, 1.165) is 81.5 Å². The molecule has 0 spiro atoms. The number of piperazine rings is 1. The van der Waals surface area contributed by atoms with E-state index in [0.29, 0.717) is 11.1 Å². The fourth-order valence-corrected chi connectivity index (χ4v) is 6.40. The van der Waals surface area contributed by atoms with Gasteiger partial charge >= 0.3 is 0 Å². The molecular formula is C30H38N8O2. The highest BCUT2D eigenvalue weighted by molar-refractivity contribution is 5.95. The molecule has 3 aliphatic heterocycles. The van der Waals surface area contributed by atoms with E-state index in [4.69, 9.17) is 15.5 Å². The number of morpholine rings is 1. The molecule has 2 unspecified atom stereocenters. The molecule has 1 aromatic carbocycles. The van der Waals surface area contributed by atoms with E-state index in [1.165, 1.54) is 5.69 Å². The third-order valence-corrected chi connectivity index (χ3v) is 8.25. The summed E-state index contributed by atoms with van der Waals surface area (Å²) in [7, 11) is 0. The summed E-state index contributed by atoms with van der Waals surface area (Å²) >= 11 is 0. The highest BCUT2D eigenvalue weighted by atomic mass is 16.5. The van der Waals surface area contributed by atoms with Crippen LogP contribution in [-0.4, -0.2) is 96.6 Å². The Morgan fingerprint density at radius 3 is 2.45 bits per heavy atom. The maximum absolute atomic E-state index is 9.92. The second-order valence-corrected chi connectivity index (χ2v) is 11.9. The molecule has 3 aromatic rings. The molecular weight excluding hydrogens is 504 g/mol. The van der Waals surface area contributed by atoms with Crippen molar-refractivity contribution in [3.05, 3.63) is 47.7 Å². The first-order valence-corrected chi connectivity index (χ1v) is 14.1. The standard InChI is InChI=1S/C30H38N8O2/c1-20-15-37(26-6-4-22(14-31)29-24(26)5-9-28(39)34-29)17-23(40-20)16-35-10-12-36(13-11-35)25-7-8-27(33-21(25)2)38-18-30(3,32)19-38/h4-9,20,23H,10-13,15-19,32H2,1-3H3,(H,34,39). The van der Waals surface area contributed by atoms with Crippen LogP contribution < -0.4 is 20.4 Å². The Hall–Kier alpha value is -3.65. The van der Waals surface area contributed by atoms with Gasteiger partial charge in [-0.2, -0.15) is 5.26 Å². The van der Waals surface area contributed by atoms with Crippen LogP contribution in [0.5, 0.6) is 5.88 Å². The molecule has 0 amide bonds. The maximum Gasteiger partial charge on any atom is 0.211 e. The van der Waals surface area contributed by atoms with E-state index < -0.39 is 0 Å². The van der Waals surface area contributed by atoms with Gasteiger partial charge in [-0.05, 0) is 51.1 Å². The first-order valence-electron chi connectivity index (χ1n) is 14.1. The molecule has 0 radical (unpaired) electrons. The summed E-state index contributed by atoms with van der Waals surface area (Å²) < 4.78 is 6.39. The number of pyridine rings is 2. The van der Waals surface area contributed by atoms with Crippen molar-refractivity contribution in [3.8, 4) is 11.9 Å². The number of aromatic hydroxyl groups is 1. The van der Waals surface area contributed by atoms with Crippen molar-refractivity contribution in [1.82, 2.24) is 14.9 Å². The molecule has 3 N–H and O–H groups in total. The van der Waals surface area contributed by atoms with Crippen molar-refractivity contribution in [1.29, 1.82) is 5.26 Å². The minimum Gasteiger partial charge on any atom is -0.493 e. The van der Waals surface area contributed by atoms with Gasteiger partial charge in [-0.15, -0.1) is 0 Å². The largest absolute Gasteiger partial charge is 0.493 e. The second-order valence-electron chi connectivity index (χ2n) is 11.9. The second kappa shape index (κ2) is 10.4. The summed E-state index contributed by atoms with van der Waals surface area (Å²) in [5.41, 5.74) is 10.4. The summed E-state index contributed by atoms with van der Waals surface area (Å²) in [6, 6.07) is 13.7. The molecule has 0 aliphatic carbocycles. The van der Waals surface area contributed by atoms with E-state index in [1.54, 1.807) is 12.1 Å². The topological polar surface area (TPSA) is 118 Å². The average Bonchev–Trinajstić information content (AvgIpc) is 2.91. The number of benzene rings is 1. The molecule has 3 saturated heterocycles. The highest BCUT2D eigenvalue weighted by Crippen LogP contribution is 2.32. The van der Waals surface area contributed by atoms with Gasteiger partial charge in [0, 0.05) is 81.6 Å². The minimum atomic E-state index is -0.113. The number of aryl methyl sites for hydroxylation is 1. The zero-order valence-electron chi connectivity index (χ0n) is 23.5. The zero-order valence-corrected chi connectivity index (χ0v) is 23.5. The van der Waals surface area contributed by atoms with E-state index in [9.17, 15) is 10.4 Å². The third kappa shape index (κ3) is 5.24. The Balaban J connectivity index is 1.09. The van der Waals surface area contributed by atoms with Crippen LogP contribution in [0.1, 0.15) is 25.1 Å². The summed E-state index contributed by atoms with van der Waals surface area (Å²) in [6.45, 7) is 14.2. The zero-order chi connectivity index (χ0) is 28.0. The molecule has 10 nitrogen and oxygen atoms in total. The molecule has 3 aliphatic rings. The number of fused-ring (bicyclic) bond motifs is 1. The van der Waals surface area contributed by atoms with Crippen molar-refractivity contribution in [3.63, 3.8) is 0 Å². The summed E-state index contributed by atoms with van der Waals surface area (Å²) in [5, 5.41) is 20.3. The number of nitriles is 1. The molecule has 2 atom stereocenters. The lowest BCUT2D eigenvalue weighted by Crippen LogP contribution is -2.65. The molecule has 0 saturated carbocycles. The third-order valence-electron chi connectivity index (χ3n) is 8.25. The number of nitrogens with zero attached hydrogens (tertiary/aromatic N) is 7. The first-order chi connectivity index (χ1) is 19.2. The number of aromatic nitrogens is 2. The van der Waals surface area contributed by atoms with Gasteiger partial charge in [0.1, 0.15) is 11.9 Å². The lowest BCUT2D eigenvalue weighted by molar-refractivity contribution is -0.0327. The molecule has 40 heavy (non-hydrogen) atoms. The van der Waals surface area contributed by atoms with Crippen molar-refractivity contribution < 1.29 is 9.84 Å². The van der Waals surface area contributed by atoms with E-state index in [-0.39, 0.29) is 23.6 Å². The van der Waals surface area contributed by atoms with Crippen LogP contribution in [0.3, 0.4) is 0 Å². The van der Waals surface area contributed by atoms with Crippen molar-refractivity contribution in [2.45, 2.75) is 38.5 Å². The number of hydrogen-bond donors (Lipinski definition) is 2. The molecule has 210 valence electrons. The lowest BCUT2D eigenvalue weighted by Gasteiger charge is -2.46. The summed E-state index contributed by atoms with van der Waals surface area (Å²) in [5.74, 6) is 0.935. The molecule has 10 heteroatoms. The summed E-state index contributed by atoms with van der Waals surface area (Å²) in [6.07, 6.45) is 0.144. The van der Waals surface area contributed by atoms with Crippen LogP contribution in [0.15, 0.2) is 36.4 Å². The van der Waals surface area contributed by atoms with Gasteiger partial charge in [-0.3, -0.25) is 4.90 Å². The lowest BCUT2D eigenvalue weighted by atomic mass is 9.94. The van der Waals surface area contributed by atoms with Crippen molar-refractivity contribution in [2.75, 3.05) is 73.6 Å². The van der Waals surface area contributed by atoms with Crippen LogP contribution in [0.25, 0.3) is 10.9 Å². The average molecular weight is 543 g/mol. The quantitative estimate of drug-likeness (QED) is 0.498. The molecule has 5 heterocycles. The molecule has 3 fully saturated rings. The summed E-state index contributed by atoms with van der Waals surface area (Å²) in [4.78, 5) is 18.6. The predicted molar refractivity (Wildman–Crippen MR) is 157 cm³/mol. The van der Waals surface area contributed by atoms with E-state index >= 15 is 0 Å². The van der Waals surface area contributed by atoms with Crippen LogP contribution in [-0.2, 0) is 4.74 Å². The number of anilines is 3. The van der Waals surface area contributed by atoms with Gasteiger partial charge in [0.05, 0.1) is 34.7 Å². The Labute approximate surface area is 235 Å². The smallest absolute Gasteiger partial charge is 0.211 e. The van der Waals surface area contributed by atoms with Crippen LogP contribution >= 0.6 is 0 Å².